The van der Waals surface area contributed by atoms with E-state index in [9.17, 15) is 9.59 Å². The molecule has 0 spiro atoms. The van der Waals surface area contributed by atoms with Crippen LogP contribution in [-0.2, 0) is 4.79 Å². The first-order valence-corrected chi connectivity index (χ1v) is 7.71. The van der Waals surface area contributed by atoms with Gasteiger partial charge in [0.25, 0.3) is 0 Å². The number of carbonyl (C=O) groups is 2. The van der Waals surface area contributed by atoms with Crippen LogP contribution in [0.1, 0.15) is 19.3 Å². The Hall–Kier alpha value is -1.95. The van der Waals surface area contributed by atoms with Gasteiger partial charge in [-0.15, -0.1) is 0 Å². The number of urea groups is 1. The van der Waals surface area contributed by atoms with Crippen LogP contribution in [0.5, 0.6) is 5.75 Å². The molecule has 1 saturated carbocycles. The second kappa shape index (κ2) is 6.04. The Morgan fingerprint density at radius 3 is 2.68 bits per heavy atom. The van der Waals surface area contributed by atoms with Gasteiger partial charge in [0.1, 0.15) is 5.75 Å². The van der Waals surface area contributed by atoms with Crippen molar-refractivity contribution in [2.45, 2.75) is 19.3 Å². The van der Waals surface area contributed by atoms with Crippen molar-refractivity contribution in [2.75, 3.05) is 25.5 Å². The topological polar surface area (TPSA) is 61.9 Å². The Kier molecular flexibility index (Phi) is 4.11. The molecule has 1 aliphatic carbocycles. The molecule has 1 aliphatic heterocycles. The lowest BCUT2D eigenvalue weighted by Crippen LogP contribution is -2.47. The fourth-order valence-electron chi connectivity index (χ4n) is 2.55. The third kappa shape index (κ3) is 2.97. The van der Waals surface area contributed by atoms with Crippen molar-refractivity contribution < 1.29 is 14.3 Å². The molecular weight excluding hydrogens is 306 g/mol. The lowest BCUT2D eigenvalue weighted by molar-refractivity contribution is -0.141. The Morgan fingerprint density at radius 1 is 1.27 bits per heavy atom. The summed E-state index contributed by atoms with van der Waals surface area (Å²) >= 11 is 5.96. The number of ether oxygens (including phenoxy) is 1. The maximum Gasteiger partial charge on any atom is 0.340 e. The second-order valence-electron chi connectivity index (χ2n) is 5.49. The number of hydrogen-bond acceptors (Lipinski definition) is 3. The van der Waals surface area contributed by atoms with Gasteiger partial charge in [-0.05, 0) is 37.5 Å². The number of benzene rings is 1. The van der Waals surface area contributed by atoms with Crippen LogP contribution in [-0.4, -0.2) is 42.2 Å². The Balaban J connectivity index is 1.73. The van der Waals surface area contributed by atoms with Gasteiger partial charge >= 0.3 is 6.03 Å². The highest BCUT2D eigenvalue weighted by atomic mass is 35.5. The first-order valence-electron chi connectivity index (χ1n) is 7.33. The second-order valence-corrected chi connectivity index (χ2v) is 5.92. The lowest BCUT2D eigenvalue weighted by Gasteiger charge is -2.28. The average Bonchev–Trinajstić information content (AvgIpc) is 3.23. The number of amides is 3. The number of nitrogens with one attached hydrogen (secondary N) is 1. The lowest BCUT2D eigenvalue weighted by atomic mass is 10.3. The van der Waals surface area contributed by atoms with Crippen LogP contribution in [0.15, 0.2) is 18.2 Å². The van der Waals surface area contributed by atoms with Gasteiger partial charge < -0.3 is 10.1 Å². The van der Waals surface area contributed by atoms with Crippen LogP contribution in [0, 0.1) is 5.92 Å². The van der Waals surface area contributed by atoms with Crippen LogP contribution in [0.25, 0.3) is 0 Å². The third-order valence-electron chi connectivity index (χ3n) is 3.85. The molecule has 3 rings (SSSR count). The first kappa shape index (κ1) is 15.0. The van der Waals surface area contributed by atoms with Crippen molar-refractivity contribution in [1.82, 2.24) is 10.0 Å². The van der Waals surface area contributed by atoms with Gasteiger partial charge in [-0.1, -0.05) is 11.6 Å². The number of nitrogens with zero attached hydrogens (tertiary/aromatic N) is 2. The first-order chi connectivity index (χ1) is 10.6. The van der Waals surface area contributed by atoms with E-state index in [4.69, 9.17) is 16.3 Å². The molecule has 0 atom stereocenters. The van der Waals surface area contributed by atoms with Gasteiger partial charge in [0.2, 0.25) is 5.91 Å². The van der Waals surface area contributed by atoms with Crippen molar-refractivity contribution in [3.8, 4) is 5.75 Å². The van der Waals surface area contributed by atoms with Crippen LogP contribution in [0.2, 0.25) is 5.02 Å². The van der Waals surface area contributed by atoms with E-state index in [1.165, 1.54) is 12.1 Å². The molecule has 118 valence electrons. The minimum atomic E-state index is -0.341. The summed E-state index contributed by atoms with van der Waals surface area (Å²) in [7, 11) is 1.53. The number of hydrazine groups is 1. The zero-order valence-electron chi connectivity index (χ0n) is 12.3. The number of methoxy groups -OCH3 is 1. The smallest absolute Gasteiger partial charge is 0.340 e. The van der Waals surface area contributed by atoms with Crippen molar-refractivity contribution in [2.24, 2.45) is 5.92 Å². The Morgan fingerprint density at radius 2 is 2.00 bits per heavy atom. The molecule has 2 fully saturated rings. The normalized spacial score (nSPS) is 17.5. The average molecular weight is 324 g/mol. The molecule has 0 unspecified atom stereocenters. The van der Waals surface area contributed by atoms with E-state index >= 15 is 0 Å². The quantitative estimate of drug-likeness (QED) is 0.930. The van der Waals surface area contributed by atoms with E-state index in [0.717, 1.165) is 19.3 Å². The van der Waals surface area contributed by atoms with Crippen LogP contribution < -0.4 is 10.1 Å². The standard InChI is InChI=1S/C15H18ClN3O3/c1-22-13-6-5-11(16)9-12(13)17-15(21)19-8-2-7-18(19)14(20)10-3-4-10/h5-6,9-10H,2-4,7-8H2,1H3,(H,17,21). The van der Waals surface area contributed by atoms with E-state index < -0.39 is 0 Å². The predicted molar refractivity (Wildman–Crippen MR) is 82.8 cm³/mol. The highest BCUT2D eigenvalue weighted by Gasteiger charge is 2.39. The summed E-state index contributed by atoms with van der Waals surface area (Å²) in [6.45, 7) is 1.13. The number of halogens is 1. The molecule has 0 aromatic heterocycles. The molecule has 7 heteroatoms. The zero-order valence-corrected chi connectivity index (χ0v) is 13.1. The van der Waals surface area contributed by atoms with Crippen molar-refractivity contribution in [3.63, 3.8) is 0 Å². The van der Waals surface area contributed by atoms with E-state index in [2.05, 4.69) is 5.32 Å². The number of anilines is 1. The molecule has 1 heterocycles. The number of carbonyl (C=O) groups excluding carboxylic acids is 2. The molecule has 6 nitrogen and oxygen atoms in total. The molecule has 1 aromatic carbocycles. The molecular formula is C15H18ClN3O3. The van der Waals surface area contributed by atoms with Gasteiger partial charge in [-0.3, -0.25) is 4.79 Å². The summed E-state index contributed by atoms with van der Waals surface area (Å²) in [6, 6.07) is 4.66. The Labute approximate surface area is 133 Å². The minimum Gasteiger partial charge on any atom is -0.495 e. The summed E-state index contributed by atoms with van der Waals surface area (Å²) in [5.41, 5.74) is 0.491. The summed E-state index contributed by atoms with van der Waals surface area (Å²) in [4.78, 5) is 24.7. The van der Waals surface area contributed by atoms with Crippen molar-refractivity contribution in [1.29, 1.82) is 0 Å². The van der Waals surface area contributed by atoms with Crippen LogP contribution >= 0.6 is 11.6 Å². The number of hydrogen-bond donors (Lipinski definition) is 1. The van der Waals surface area contributed by atoms with E-state index in [-0.39, 0.29) is 17.9 Å². The largest absolute Gasteiger partial charge is 0.495 e. The van der Waals surface area contributed by atoms with Gasteiger partial charge in [-0.2, -0.15) is 0 Å². The van der Waals surface area contributed by atoms with E-state index in [1.807, 2.05) is 0 Å². The molecule has 22 heavy (non-hydrogen) atoms. The fourth-order valence-corrected chi connectivity index (χ4v) is 2.72. The maximum atomic E-state index is 12.5. The molecule has 1 saturated heterocycles. The van der Waals surface area contributed by atoms with Gasteiger partial charge in [-0.25, -0.2) is 14.8 Å². The van der Waals surface area contributed by atoms with Crippen LogP contribution in [0.3, 0.4) is 0 Å². The summed E-state index contributed by atoms with van der Waals surface area (Å²) in [5.74, 6) is 0.664. The van der Waals surface area contributed by atoms with Gasteiger partial charge in [0.05, 0.1) is 12.8 Å². The summed E-state index contributed by atoms with van der Waals surface area (Å²) in [6.07, 6.45) is 2.64. The maximum absolute atomic E-state index is 12.5. The monoisotopic (exact) mass is 323 g/mol. The van der Waals surface area contributed by atoms with Gasteiger partial charge in [0, 0.05) is 24.0 Å². The minimum absolute atomic E-state index is 0.0470. The Bertz CT molecular complexity index is 604. The summed E-state index contributed by atoms with van der Waals surface area (Å²) in [5, 5.41) is 6.31. The zero-order chi connectivity index (χ0) is 15.7. The molecule has 1 N–H and O–H groups in total. The third-order valence-corrected chi connectivity index (χ3v) is 4.08. The number of rotatable bonds is 3. The van der Waals surface area contributed by atoms with Crippen molar-refractivity contribution >= 4 is 29.2 Å². The van der Waals surface area contributed by atoms with Crippen molar-refractivity contribution in [3.05, 3.63) is 23.2 Å². The predicted octanol–water partition coefficient (Wildman–Crippen LogP) is 2.74. The highest BCUT2D eigenvalue weighted by molar-refractivity contribution is 6.31. The molecule has 2 aliphatic rings. The highest BCUT2D eigenvalue weighted by Crippen LogP contribution is 2.33. The van der Waals surface area contributed by atoms with E-state index in [0.29, 0.717) is 29.5 Å². The molecule has 0 radical (unpaired) electrons. The molecule has 1 aromatic rings. The summed E-state index contributed by atoms with van der Waals surface area (Å²) < 4.78 is 5.21. The van der Waals surface area contributed by atoms with Crippen LogP contribution in [0.4, 0.5) is 10.5 Å². The van der Waals surface area contributed by atoms with E-state index in [1.54, 1.807) is 23.2 Å². The van der Waals surface area contributed by atoms with Gasteiger partial charge in [0.15, 0.2) is 0 Å². The fraction of sp³-hybridized carbons (Fsp3) is 0.467. The molecule has 3 amide bonds. The SMILES string of the molecule is COc1ccc(Cl)cc1NC(=O)N1CCCN1C(=O)C1CC1. The molecule has 0 bridgehead atoms.